The van der Waals surface area contributed by atoms with Crippen molar-refractivity contribution in [1.29, 1.82) is 5.26 Å². The van der Waals surface area contributed by atoms with Gasteiger partial charge in [-0.1, -0.05) is 0 Å². The summed E-state index contributed by atoms with van der Waals surface area (Å²) in [6.07, 6.45) is 4.65. The third kappa shape index (κ3) is 2.67. The predicted octanol–water partition coefficient (Wildman–Crippen LogP) is 2.94. The largest absolute Gasteiger partial charge is 0.481 e. The van der Waals surface area contributed by atoms with Gasteiger partial charge in [-0.2, -0.15) is 5.26 Å². The Bertz CT molecular complexity index is 755. The van der Waals surface area contributed by atoms with Crippen molar-refractivity contribution < 1.29 is 14.3 Å². The van der Waals surface area contributed by atoms with Crippen LogP contribution in [0.5, 0.6) is 0 Å². The lowest BCUT2D eigenvalue weighted by Gasteiger charge is -2.26. The fraction of sp³-hybridized carbons (Fsp3) is 0.438. The molecule has 1 saturated carbocycles. The van der Waals surface area contributed by atoms with E-state index in [2.05, 4.69) is 4.98 Å². The maximum atomic E-state index is 13.9. The molecule has 0 unspecified atom stereocenters. The van der Waals surface area contributed by atoms with E-state index in [4.69, 9.17) is 10.4 Å². The minimum atomic E-state index is -0.715. The van der Waals surface area contributed by atoms with Crippen molar-refractivity contribution in [2.75, 3.05) is 0 Å². The number of imidazole rings is 1. The minimum Gasteiger partial charge on any atom is -0.481 e. The van der Waals surface area contributed by atoms with E-state index in [0.717, 1.165) is 12.8 Å². The highest BCUT2D eigenvalue weighted by Gasteiger charge is 2.26. The summed E-state index contributed by atoms with van der Waals surface area (Å²) in [5, 5.41) is 18.0. The van der Waals surface area contributed by atoms with Gasteiger partial charge in [0, 0.05) is 6.54 Å². The van der Waals surface area contributed by atoms with Gasteiger partial charge in [-0.3, -0.25) is 4.79 Å². The average Bonchev–Trinajstić information content (AvgIpc) is 2.91. The van der Waals surface area contributed by atoms with Gasteiger partial charge in [0.05, 0.1) is 29.4 Å². The summed E-state index contributed by atoms with van der Waals surface area (Å²) in [7, 11) is 0. The van der Waals surface area contributed by atoms with Gasteiger partial charge in [0.25, 0.3) is 0 Å². The van der Waals surface area contributed by atoms with Gasteiger partial charge >= 0.3 is 5.97 Å². The van der Waals surface area contributed by atoms with Crippen molar-refractivity contribution in [3.8, 4) is 6.07 Å². The third-order valence-electron chi connectivity index (χ3n) is 4.46. The maximum absolute atomic E-state index is 13.9. The van der Waals surface area contributed by atoms with Gasteiger partial charge in [0.2, 0.25) is 0 Å². The lowest BCUT2D eigenvalue weighted by molar-refractivity contribution is -0.143. The second-order valence-corrected chi connectivity index (χ2v) is 5.89. The van der Waals surface area contributed by atoms with E-state index in [9.17, 15) is 9.18 Å². The van der Waals surface area contributed by atoms with Gasteiger partial charge in [-0.05, 0) is 43.7 Å². The molecule has 0 amide bonds. The first-order valence-corrected chi connectivity index (χ1v) is 7.35. The van der Waals surface area contributed by atoms with E-state index in [-0.39, 0.29) is 17.0 Å². The number of aromatic nitrogens is 2. The van der Waals surface area contributed by atoms with Crippen LogP contribution >= 0.6 is 0 Å². The molecule has 0 radical (unpaired) electrons. The van der Waals surface area contributed by atoms with Crippen molar-refractivity contribution in [3.63, 3.8) is 0 Å². The molecule has 0 saturated heterocycles. The Hall–Kier alpha value is -2.42. The number of halogens is 1. The van der Waals surface area contributed by atoms with Gasteiger partial charge in [0.15, 0.2) is 5.82 Å². The monoisotopic (exact) mass is 301 g/mol. The number of hydrogen-bond acceptors (Lipinski definition) is 3. The molecule has 1 aromatic carbocycles. The highest BCUT2D eigenvalue weighted by atomic mass is 19.1. The van der Waals surface area contributed by atoms with Gasteiger partial charge in [-0.25, -0.2) is 9.37 Å². The van der Waals surface area contributed by atoms with E-state index >= 15 is 0 Å². The first-order valence-electron chi connectivity index (χ1n) is 7.35. The Morgan fingerprint density at radius 2 is 2.14 bits per heavy atom. The van der Waals surface area contributed by atoms with Crippen LogP contribution in [0.25, 0.3) is 11.0 Å². The SMILES string of the molecule is N#Cc1cc(F)c2ncn(CC3CCC(C(=O)O)CC3)c2c1. The molecule has 1 aromatic heterocycles. The Labute approximate surface area is 127 Å². The molecule has 2 aromatic rings. The molecule has 6 heteroatoms. The number of carboxylic acids is 1. The average molecular weight is 301 g/mol. The number of aliphatic carboxylic acids is 1. The van der Waals surface area contributed by atoms with Crippen LogP contribution in [0.3, 0.4) is 0 Å². The summed E-state index contributed by atoms with van der Waals surface area (Å²) in [5.41, 5.74) is 1.18. The number of hydrogen-bond donors (Lipinski definition) is 1. The van der Waals surface area contributed by atoms with Crippen LogP contribution in [0.4, 0.5) is 4.39 Å². The van der Waals surface area contributed by atoms with Crippen molar-refractivity contribution in [2.45, 2.75) is 32.2 Å². The quantitative estimate of drug-likeness (QED) is 0.945. The zero-order valence-corrected chi connectivity index (χ0v) is 12.0. The van der Waals surface area contributed by atoms with Crippen molar-refractivity contribution >= 4 is 17.0 Å². The molecule has 5 nitrogen and oxygen atoms in total. The molecule has 22 heavy (non-hydrogen) atoms. The Balaban J connectivity index is 1.79. The Morgan fingerprint density at radius 1 is 1.41 bits per heavy atom. The molecular weight excluding hydrogens is 285 g/mol. The van der Waals surface area contributed by atoms with Gasteiger partial charge < -0.3 is 9.67 Å². The number of nitriles is 1. The number of carboxylic acid groups (broad SMARTS) is 1. The van der Waals surface area contributed by atoms with E-state index in [1.54, 1.807) is 12.4 Å². The molecule has 1 fully saturated rings. The highest BCUT2D eigenvalue weighted by Crippen LogP contribution is 2.31. The zero-order valence-electron chi connectivity index (χ0n) is 12.0. The van der Waals surface area contributed by atoms with Crippen molar-refractivity contribution in [1.82, 2.24) is 9.55 Å². The first-order chi connectivity index (χ1) is 10.6. The van der Waals surface area contributed by atoms with E-state index in [1.165, 1.54) is 6.07 Å². The summed E-state index contributed by atoms with van der Waals surface area (Å²) < 4.78 is 15.7. The van der Waals surface area contributed by atoms with Crippen LogP contribution in [-0.4, -0.2) is 20.6 Å². The lowest BCUT2D eigenvalue weighted by atomic mass is 9.82. The fourth-order valence-electron chi connectivity index (χ4n) is 3.20. The molecule has 1 aliphatic carbocycles. The van der Waals surface area contributed by atoms with Crippen molar-refractivity contribution in [2.24, 2.45) is 11.8 Å². The maximum Gasteiger partial charge on any atom is 0.306 e. The normalized spacial score (nSPS) is 21.6. The molecule has 0 atom stereocenters. The molecular formula is C16H16FN3O2. The second-order valence-electron chi connectivity index (χ2n) is 5.89. The molecule has 3 rings (SSSR count). The predicted molar refractivity (Wildman–Crippen MR) is 77.5 cm³/mol. The molecule has 1 heterocycles. The number of nitrogens with zero attached hydrogens (tertiary/aromatic N) is 3. The summed E-state index contributed by atoms with van der Waals surface area (Å²) in [6.45, 7) is 0.678. The summed E-state index contributed by atoms with van der Waals surface area (Å²) in [5.74, 6) is -1.07. The summed E-state index contributed by atoms with van der Waals surface area (Å²) in [6, 6.07) is 4.79. The third-order valence-corrected chi connectivity index (χ3v) is 4.46. The van der Waals surface area contributed by atoms with Crippen LogP contribution in [-0.2, 0) is 11.3 Å². The van der Waals surface area contributed by atoms with Crippen LogP contribution in [0.1, 0.15) is 31.2 Å². The Kier molecular flexibility index (Phi) is 3.80. The smallest absolute Gasteiger partial charge is 0.306 e. The fourth-order valence-corrected chi connectivity index (χ4v) is 3.20. The second kappa shape index (κ2) is 5.76. The number of rotatable bonds is 3. The van der Waals surface area contributed by atoms with Crippen LogP contribution in [0, 0.1) is 29.0 Å². The van der Waals surface area contributed by atoms with E-state index in [0.29, 0.717) is 30.8 Å². The van der Waals surface area contributed by atoms with Crippen LogP contribution < -0.4 is 0 Å². The number of carbonyl (C=O) groups is 1. The standard InChI is InChI=1S/C16H16FN3O2/c17-13-5-11(7-18)6-14-15(13)19-9-20(14)8-10-1-3-12(4-2-10)16(21)22/h5-6,9-10,12H,1-4,8H2,(H,21,22). The number of fused-ring (bicyclic) bond motifs is 1. The Morgan fingerprint density at radius 3 is 2.77 bits per heavy atom. The molecule has 1 N–H and O–H groups in total. The first kappa shape index (κ1) is 14.5. The van der Waals surface area contributed by atoms with E-state index < -0.39 is 11.8 Å². The minimum absolute atomic E-state index is 0.238. The highest BCUT2D eigenvalue weighted by molar-refractivity contribution is 5.77. The summed E-state index contributed by atoms with van der Waals surface area (Å²) >= 11 is 0. The molecule has 1 aliphatic rings. The summed E-state index contributed by atoms with van der Waals surface area (Å²) in [4.78, 5) is 15.1. The van der Waals surface area contributed by atoms with Crippen LogP contribution in [0.15, 0.2) is 18.5 Å². The number of benzene rings is 1. The lowest BCUT2D eigenvalue weighted by Crippen LogP contribution is -2.23. The van der Waals surface area contributed by atoms with Crippen molar-refractivity contribution in [3.05, 3.63) is 29.8 Å². The van der Waals surface area contributed by atoms with Crippen LogP contribution in [0.2, 0.25) is 0 Å². The molecule has 114 valence electrons. The van der Waals surface area contributed by atoms with E-state index in [1.807, 2.05) is 10.6 Å². The van der Waals surface area contributed by atoms with Gasteiger partial charge in [-0.15, -0.1) is 0 Å². The zero-order chi connectivity index (χ0) is 15.7. The molecule has 0 spiro atoms. The molecule has 0 aliphatic heterocycles. The van der Waals surface area contributed by atoms with Gasteiger partial charge in [0.1, 0.15) is 5.52 Å². The topological polar surface area (TPSA) is 78.9 Å². The molecule has 0 bridgehead atoms.